The van der Waals surface area contributed by atoms with Gasteiger partial charge in [0.05, 0.1) is 9.83 Å². The fourth-order valence-corrected chi connectivity index (χ4v) is 4.11. The summed E-state index contributed by atoms with van der Waals surface area (Å²) in [6, 6.07) is 11.2. The minimum absolute atomic E-state index is 0.281. The molecule has 0 aliphatic heterocycles. The maximum atomic E-state index is 3.58. The first-order valence-corrected chi connectivity index (χ1v) is 7.79. The van der Waals surface area contributed by atoms with Crippen molar-refractivity contribution in [2.24, 2.45) is 0 Å². The van der Waals surface area contributed by atoms with Gasteiger partial charge in [-0.25, -0.2) is 0 Å². The molecule has 0 saturated heterocycles. The second-order valence-electron chi connectivity index (χ2n) is 4.34. The lowest BCUT2D eigenvalue weighted by atomic mass is 9.94. The Bertz CT molecular complexity index is 533. The largest absolute Gasteiger partial charge is 0.309 e. The van der Waals surface area contributed by atoms with E-state index in [0.29, 0.717) is 0 Å². The van der Waals surface area contributed by atoms with E-state index < -0.39 is 0 Å². The van der Waals surface area contributed by atoms with Crippen molar-refractivity contribution in [2.45, 2.75) is 26.3 Å². The van der Waals surface area contributed by atoms with E-state index in [1.165, 1.54) is 25.4 Å². The van der Waals surface area contributed by atoms with Crippen LogP contribution in [-0.2, 0) is 6.42 Å². The summed E-state index contributed by atoms with van der Waals surface area (Å²) in [6.07, 6.45) is 1.07. The van der Waals surface area contributed by atoms with Crippen molar-refractivity contribution in [1.29, 1.82) is 0 Å². The first-order valence-electron chi connectivity index (χ1n) is 6.18. The van der Waals surface area contributed by atoms with Crippen molar-refractivity contribution < 1.29 is 0 Å². The highest BCUT2D eigenvalue weighted by atomic mass is 79.9. The van der Waals surface area contributed by atoms with Crippen molar-refractivity contribution in [3.63, 3.8) is 0 Å². The molecule has 0 bridgehead atoms. The Morgan fingerprint density at radius 1 is 1.28 bits per heavy atom. The summed E-state index contributed by atoms with van der Waals surface area (Å²) >= 11 is 5.38. The third-order valence-corrected chi connectivity index (χ3v) is 4.84. The van der Waals surface area contributed by atoms with E-state index >= 15 is 0 Å². The summed E-state index contributed by atoms with van der Waals surface area (Å²) < 4.78 is 1.20. The van der Waals surface area contributed by atoms with Crippen LogP contribution in [0.15, 0.2) is 34.1 Å². The third-order valence-electron chi connectivity index (χ3n) is 3.27. The van der Waals surface area contributed by atoms with E-state index in [1.807, 2.05) is 7.05 Å². The maximum absolute atomic E-state index is 3.58. The summed E-state index contributed by atoms with van der Waals surface area (Å²) in [5.41, 5.74) is 4.17. The summed E-state index contributed by atoms with van der Waals surface area (Å²) in [6.45, 7) is 4.39. The van der Waals surface area contributed by atoms with Gasteiger partial charge in [0, 0.05) is 4.88 Å². The van der Waals surface area contributed by atoms with Crippen molar-refractivity contribution in [2.75, 3.05) is 7.05 Å². The Balaban J connectivity index is 2.48. The van der Waals surface area contributed by atoms with Crippen molar-refractivity contribution in [3.05, 3.63) is 55.7 Å². The van der Waals surface area contributed by atoms with Crippen LogP contribution in [0.5, 0.6) is 0 Å². The average molecular weight is 324 g/mol. The highest BCUT2D eigenvalue weighted by Crippen LogP contribution is 2.34. The molecule has 1 atom stereocenters. The van der Waals surface area contributed by atoms with Gasteiger partial charge in [-0.2, -0.15) is 0 Å². The highest BCUT2D eigenvalue weighted by molar-refractivity contribution is 9.11. The van der Waals surface area contributed by atoms with Gasteiger partial charge in [-0.15, -0.1) is 11.3 Å². The smallest absolute Gasteiger partial charge is 0.0704 e. The summed E-state index contributed by atoms with van der Waals surface area (Å²) in [5, 5.41) is 3.45. The molecular weight excluding hydrogens is 306 g/mol. The molecule has 0 radical (unpaired) electrons. The van der Waals surface area contributed by atoms with Crippen LogP contribution in [0.4, 0.5) is 0 Å². The zero-order chi connectivity index (χ0) is 13.1. The van der Waals surface area contributed by atoms with Gasteiger partial charge in [-0.3, -0.25) is 0 Å². The Kier molecular flexibility index (Phi) is 4.60. The lowest BCUT2D eigenvalue weighted by Crippen LogP contribution is -2.19. The topological polar surface area (TPSA) is 12.0 Å². The molecule has 0 aliphatic rings. The Morgan fingerprint density at radius 3 is 2.56 bits per heavy atom. The molecule has 18 heavy (non-hydrogen) atoms. The summed E-state index contributed by atoms with van der Waals surface area (Å²) in [7, 11) is 2.03. The second-order valence-corrected chi connectivity index (χ2v) is 6.97. The molecule has 1 aromatic carbocycles. The minimum atomic E-state index is 0.281. The molecule has 1 unspecified atom stereocenters. The Morgan fingerprint density at radius 2 is 2.00 bits per heavy atom. The Labute approximate surface area is 121 Å². The van der Waals surface area contributed by atoms with E-state index in [2.05, 4.69) is 65.4 Å². The van der Waals surface area contributed by atoms with Crippen LogP contribution in [0, 0.1) is 6.92 Å². The number of hydrogen-bond acceptors (Lipinski definition) is 2. The van der Waals surface area contributed by atoms with Crippen LogP contribution < -0.4 is 5.32 Å². The zero-order valence-corrected chi connectivity index (χ0v) is 13.4. The van der Waals surface area contributed by atoms with Crippen LogP contribution in [0.1, 0.15) is 34.5 Å². The Hall–Kier alpha value is -0.640. The summed E-state index contributed by atoms with van der Waals surface area (Å²) in [5.74, 6) is 0. The summed E-state index contributed by atoms with van der Waals surface area (Å²) in [4.78, 5) is 1.37. The number of halogens is 1. The normalized spacial score (nSPS) is 12.7. The molecule has 1 N–H and O–H groups in total. The molecule has 2 aromatic rings. The van der Waals surface area contributed by atoms with E-state index in [4.69, 9.17) is 0 Å². The number of thiophene rings is 1. The van der Waals surface area contributed by atoms with Crippen LogP contribution in [-0.4, -0.2) is 7.05 Å². The van der Waals surface area contributed by atoms with Crippen LogP contribution in [0.25, 0.3) is 0 Å². The number of aryl methyl sites for hydroxylation is 2. The molecule has 3 heteroatoms. The predicted molar refractivity (Wildman–Crippen MR) is 83.5 cm³/mol. The van der Waals surface area contributed by atoms with Crippen molar-refractivity contribution in [3.8, 4) is 0 Å². The zero-order valence-electron chi connectivity index (χ0n) is 11.0. The fraction of sp³-hybridized carbons (Fsp3) is 0.333. The molecular formula is C15H18BrNS. The van der Waals surface area contributed by atoms with E-state index in [-0.39, 0.29) is 6.04 Å². The molecule has 0 amide bonds. The van der Waals surface area contributed by atoms with Gasteiger partial charge in [0.2, 0.25) is 0 Å². The van der Waals surface area contributed by atoms with Gasteiger partial charge in [0.25, 0.3) is 0 Å². The number of nitrogens with one attached hydrogen (secondary N) is 1. The van der Waals surface area contributed by atoms with Crippen LogP contribution in [0.2, 0.25) is 0 Å². The van der Waals surface area contributed by atoms with E-state index in [0.717, 1.165) is 6.42 Å². The first-order chi connectivity index (χ1) is 8.67. The van der Waals surface area contributed by atoms with Gasteiger partial charge in [0.1, 0.15) is 0 Å². The highest BCUT2D eigenvalue weighted by Gasteiger charge is 2.18. The van der Waals surface area contributed by atoms with Crippen LogP contribution >= 0.6 is 27.3 Å². The lowest BCUT2D eigenvalue weighted by molar-refractivity contribution is 0.683. The van der Waals surface area contributed by atoms with Gasteiger partial charge >= 0.3 is 0 Å². The fourth-order valence-electron chi connectivity index (χ4n) is 2.36. The molecule has 1 heterocycles. The molecule has 0 aliphatic carbocycles. The maximum Gasteiger partial charge on any atom is 0.0704 e. The molecule has 2 rings (SSSR count). The van der Waals surface area contributed by atoms with E-state index in [9.17, 15) is 0 Å². The van der Waals surface area contributed by atoms with Gasteiger partial charge < -0.3 is 5.32 Å². The van der Waals surface area contributed by atoms with Crippen LogP contribution in [0.3, 0.4) is 0 Å². The van der Waals surface area contributed by atoms with Crippen molar-refractivity contribution >= 4 is 27.3 Å². The molecule has 1 nitrogen and oxygen atoms in total. The number of rotatable bonds is 4. The lowest BCUT2D eigenvalue weighted by Gasteiger charge is -2.20. The molecule has 0 fully saturated rings. The minimum Gasteiger partial charge on any atom is -0.309 e. The first kappa shape index (κ1) is 13.8. The molecule has 0 spiro atoms. The van der Waals surface area contributed by atoms with Gasteiger partial charge in [0.15, 0.2) is 0 Å². The third kappa shape index (κ3) is 2.68. The van der Waals surface area contributed by atoms with Crippen molar-refractivity contribution in [1.82, 2.24) is 5.32 Å². The second kappa shape index (κ2) is 6.00. The monoisotopic (exact) mass is 323 g/mol. The predicted octanol–water partition coefficient (Wildman–Crippen LogP) is 4.69. The molecule has 96 valence electrons. The van der Waals surface area contributed by atoms with E-state index in [1.54, 1.807) is 11.3 Å². The number of hydrogen-bond donors (Lipinski definition) is 1. The quantitative estimate of drug-likeness (QED) is 0.860. The standard InChI is InChI=1S/C15H18BrNS/c1-4-11-7-5-6-8-12(11)15(17-3)13-9-14(16)18-10(13)2/h5-9,15,17H,4H2,1-3H3. The van der Waals surface area contributed by atoms with Gasteiger partial charge in [-0.05, 0) is 59.1 Å². The molecule has 0 saturated carbocycles. The average Bonchev–Trinajstić information content (AvgIpc) is 2.70. The number of benzene rings is 1. The molecule has 1 aromatic heterocycles. The van der Waals surface area contributed by atoms with Gasteiger partial charge in [-0.1, -0.05) is 31.2 Å². The SMILES string of the molecule is CCc1ccccc1C(NC)c1cc(Br)sc1C.